The summed E-state index contributed by atoms with van der Waals surface area (Å²) in [6, 6.07) is 38.0. The van der Waals surface area contributed by atoms with Gasteiger partial charge in [-0.15, -0.1) is 0 Å². The molecule has 0 fully saturated rings. The van der Waals surface area contributed by atoms with E-state index >= 15 is 0 Å². The van der Waals surface area contributed by atoms with Gasteiger partial charge in [0.2, 0.25) is 0 Å². The number of anilines is 3. The summed E-state index contributed by atoms with van der Waals surface area (Å²) in [5.74, 6) is 0.932. The minimum Gasteiger partial charge on any atom is -0.493 e. The van der Waals surface area contributed by atoms with E-state index < -0.39 is 0 Å². The summed E-state index contributed by atoms with van der Waals surface area (Å²) in [7, 11) is 0. The molecule has 0 bridgehead atoms. The molecular weight excluding hydrogens is 390 g/mol. The molecule has 4 rings (SSSR count). The van der Waals surface area contributed by atoms with Gasteiger partial charge >= 0.3 is 0 Å². The summed E-state index contributed by atoms with van der Waals surface area (Å²) >= 11 is 0. The van der Waals surface area contributed by atoms with Crippen LogP contribution in [0.25, 0.3) is 11.1 Å². The standard InChI is InChI=1S/C30H31NO/c1-2-3-4-14-24-32-29-23-15-22-28(30(29)25-16-8-5-9-17-25)31(26-18-10-6-11-19-26)27-20-12-7-13-21-27/h5-13,15-23H,2-4,14,24H2,1H3. The van der Waals surface area contributed by atoms with Crippen LogP contribution < -0.4 is 9.64 Å². The quantitative estimate of drug-likeness (QED) is 0.237. The molecule has 0 heterocycles. The number of para-hydroxylation sites is 2. The molecule has 4 aromatic carbocycles. The molecule has 2 heteroatoms. The van der Waals surface area contributed by atoms with E-state index in [2.05, 4.69) is 121 Å². The van der Waals surface area contributed by atoms with Gasteiger partial charge in [-0.25, -0.2) is 0 Å². The first-order chi connectivity index (χ1) is 15.9. The van der Waals surface area contributed by atoms with Crippen LogP contribution in [0.4, 0.5) is 17.1 Å². The van der Waals surface area contributed by atoms with Gasteiger partial charge < -0.3 is 9.64 Å². The number of ether oxygens (including phenoxy) is 1. The smallest absolute Gasteiger partial charge is 0.129 e. The zero-order valence-corrected chi connectivity index (χ0v) is 18.8. The van der Waals surface area contributed by atoms with Crippen molar-refractivity contribution in [2.75, 3.05) is 11.5 Å². The van der Waals surface area contributed by atoms with Crippen molar-refractivity contribution in [3.8, 4) is 16.9 Å². The Bertz CT molecular complexity index is 1040. The molecule has 0 amide bonds. The first-order valence-corrected chi connectivity index (χ1v) is 11.6. The van der Waals surface area contributed by atoms with Crippen molar-refractivity contribution in [3.63, 3.8) is 0 Å². The van der Waals surface area contributed by atoms with Crippen LogP contribution >= 0.6 is 0 Å². The normalized spacial score (nSPS) is 10.7. The molecule has 0 aliphatic rings. The van der Waals surface area contributed by atoms with E-state index in [1.54, 1.807) is 0 Å². The maximum atomic E-state index is 6.37. The van der Waals surface area contributed by atoms with Gasteiger partial charge in [0.1, 0.15) is 5.75 Å². The predicted molar refractivity (Wildman–Crippen MR) is 136 cm³/mol. The van der Waals surface area contributed by atoms with Crippen LogP contribution in [0.2, 0.25) is 0 Å². The summed E-state index contributed by atoms with van der Waals surface area (Å²) in [6.07, 6.45) is 4.77. The van der Waals surface area contributed by atoms with Crippen LogP contribution in [0.3, 0.4) is 0 Å². The molecule has 0 aromatic heterocycles. The van der Waals surface area contributed by atoms with Gasteiger partial charge in [-0.05, 0) is 48.4 Å². The molecule has 0 N–H and O–H groups in total. The zero-order valence-electron chi connectivity index (χ0n) is 18.8. The summed E-state index contributed by atoms with van der Waals surface area (Å²) in [4.78, 5) is 2.31. The maximum absolute atomic E-state index is 6.37. The fourth-order valence-corrected chi connectivity index (χ4v) is 4.01. The van der Waals surface area contributed by atoms with Crippen molar-refractivity contribution in [1.82, 2.24) is 0 Å². The number of nitrogens with zero attached hydrogens (tertiary/aromatic N) is 1. The zero-order chi connectivity index (χ0) is 22.0. The first kappa shape index (κ1) is 21.7. The van der Waals surface area contributed by atoms with Gasteiger partial charge in [-0.2, -0.15) is 0 Å². The largest absolute Gasteiger partial charge is 0.493 e. The van der Waals surface area contributed by atoms with Crippen LogP contribution in [0.5, 0.6) is 5.75 Å². The average Bonchev–Trinajstić information content (AvgIpc) is 2.86. The van der Waals surface area contributed by atoms with Crippen molar-refractivity contribution in [1.29, 1.82) is 0 Å². The third-order valence-electron chi connectivity index (χ3n) is 5.59. The highest BCUT2D eigenvalue weighted by Gasteiger charge is 2.20. The van der Waals surface area contributed by atoms with Gasteiger partial charge in [-0.3, -0.25) is 0 Å². The minimum absolute atomic E-state index is 0.736. The molecule has 0 spiro atoms. The molecule has 0 aliphatic heterocycles. The van der Waals surface area contributed by atoms with Crippen molar-refractivity contribution in [2.45, 2.75) is 32.6 Å². The van der Waals surface area contributed by atoms with E-state index in [-0.39, 0.29) is 0 Å². The van der Waals surface area contributed by atoms with E-state index in [1.807, 2.05) is 0 Å². The monoisotopic (exact) mass is 421 g/mol. The summed E-state index contributed by atoms with van der Waals surface area (Å²) < 4.78 is 6.37. The van der Waals surface area contributed by atoms with Crippen LogP contribution in [-0.2, 0) is 0 Å². The maximum Gasteiger partial charge on any atom is 0.129 e. The first-order valence-electron chi connectivity index (χ1n) is 11.6. The van der Waals surface area contributed by atoms with Crippen molar-refractivity contribution >= 4 is 17.1 Å². The number of hydrogen-bond donors (Lipinski definition) is 0. The number of rotatable bonds is 10. The van der Waals surface area contributed by atoms with Gasteiger partial charge in [0.15, 0.2) is 0 Å². The molecule has 0 radical (unpaired) electrons. The van der Waals surface area contributed by atoms with Crippen LogP contribution in [0.15, 0.2) is 109 Å². The molecule has 162 valence electrons. The van der Waals surface area contributed by atoms with E-state index in [0.717, 1.165) is 47.0 Å². The summed E-state index contributed by atoms with van der Waals surface area (Å²) in [6.45, 7) is 2.97. The molecule has 4 aromatic rings. The molecule has 0 aliphatic carbocycles. The Hall–Kier alpha value is -3.52. The lowest BCUT2D eigenvalue weighted by atomic mass is 10.0. The van der Waals surface area contributed by atoms with E-state index in [0.29, 0.717) is 0 Å². The Labute approximate surface area is 192 Å². The SMILES string of the molecule is CCCCCCOc1cccc(N(c2ccccc2)c2ccccc2)c1-c1ccccc1. The van der Waals surface area contributed by atoms with E-state index in [4.69, 9.17) is 4.74 Å². The molecule has 2 nitrogen and oxygen atoms in total. The van der Waals surface area contributed by atoms with Gasteiger partial charge in [-0.1, -0.05) is 99.0 Å². The second-order valence-electron chi connectivity index (χ2n) is 7.93. The Morgan fingerprint density at radius 2 is 1.19 bits per heavy atom. The third-order valence-corrected chi connectivity index (χ3v) is 5.59. The summed E-state index contributed by atoms with van der Waals surface area (Å²) in [5.41, 5.74) is 5.63. The molecule has 0 saturated carbocycles. The predicted octanol–water partition coefficient (Wildman–Crippen LogP) is 8.78. The van der Waals surface area contributed by atoms with Crippen LogP contribution in [0.1, 0.15) is 32.6 Å². The number of benzene rings is 4. The van der Waals surface area contributed by atoms with Crippen molar-refractivity contribution in [2.24, 2.45) is 0 Å². The lowest BCUT2D eigenvalue weighted by molar-refractivity contribution is 0.306. The van der Waals surface area contributed by atoms with Crippen LogP contribution in [-0.4, -0.2) is 6.61 Å². The van der Waals surface area contributed by atoms with Crippen molar-refractivity contribution < 1.29 is 4.74 Å². The van der Waals surface area contributed by atoms with Gasteiger partial charge in [0.05, 0.1) is 12.3 Å². The van der Waals surface area contributed by atoms with Gasteiger partial charge in [0.25, 0.3) is 0 Å². The molecule has 0 atom stereocenters. The van der Waals surface area contributed by atoms with E-state index in [9.17, 15) is 0 Å². The Balaban J connectivity index is 1.81. The lowest BCUT2D eigenvalue weighted by Gasteiger charge is -2.29. The highest BCUT2D eigenvalue weighted by molar-refractivity contribution is 5.91. The second-order valence-corrected chi connectivity index (χ2v) is 7.93. The van der Waals surface area contributed by atoms with Crippen molar-refractivity contribution in [3.05, 3.63) is 109 Å². The fraction of sp³-hybridized carbons (Fsp3) is 0.200. The number of hydrogen-bond acceptors (Lipinski definition) is 2. The highest BCUT2D eigenvalue weighted by Crippen LogP contribution is 2.44. The van der Waals surface area contributed by atoms with Crippen LogP contribution in [0, 0.1) is 0 Å². The minimum atomic E-state index is 0.736. The Kier molecular flexibility index (Phi) is 7.60. The number of unbranched alkanes of at least 4 members (excludes halogenated alkanes) is 3. The topological polar surface area (TPSA) is 12.5 Å². The molecule has 0 unspecified atom stereocenters. The fourth-order valence-electron chi connectivity index (χ4n) is 4.01. The van der Waals surface area contributed by atoms with Gasteiger partial charge in [0, 0.05) is 16.9 Å². The second kappa shape index (κ2) is 11.2. The average molecular weight is 422 g/mol. The lowest BCUT2D eigenvalue weighted by Crippen LogP contribution is -2.12. The summed E-state index contributed by atoms with van der Waals surface area (Å²) in [5, 5.41) is 0. The third kappa shape index (κ3) is 5.20. The highest BCUT2D eigenvalue weighted by atomic mass is 16.5. The Morgan fingerprint density at radius 3 is 1.78 bits per heavy atom. The molecular formula is C30H31NO. The molecule has 0 saturated heterocycles. The molecule has 32 heavy (non-hydrogen) atoms. The van der Waals surface area contributed by atoms with E-state index in [1.165, 1.54) is 19.3 Å². The Morgan fingerprint density at radius 1 is 0.594 bits per heavy atom.